The Bertz CT molecular complexity index is 1170. The first-order valence-corrected chi connectivity index (χ1v) is 9.41. The predicted molar refractivity (Wildman–Crippen MR) is 116 cm³/mol. The first kappa shape index (κ1) is 18.8. The van der Waals surface area contributed by atoms with Crippen molar-refractivity contribution in [2.45, 2.75) is 13.5 Å². The zero-order valence-electron chi connectivity index (χ0n) is 16.0. The molecule has 7 nitrogen and oxygen atoms in total. The maximum absolute atomic E-state index is 5.41. The number of anilines is 1. The first-order chi connectivity index (χ1) is 14.1. The topological polar surface area (TPSA) is 85.1 Å². The molecule has 0 bridgehead atoms. The summed E-state index contributed by atoms with van der Waals surface area (Å²) in [5.74, 6) is 1.71. The Morgan fingerprint density at radius 3 is 2.90 bits per heavy atom. The van der Waals surface area contributed by atoms with Gasteiger partial charge in [-0.05, 0) is 49.5 Å². The number of fused-ring (bicyclic) bond motifs is 1. The summed E-state index contributed by atoms with van der Waals surface area (Å²) in [5.41, 5.74) is 3.65. The number of thiocarbonyl (C=S) groups is 1. The Morgan fingerprint density at radius 2 is 2.07 bits per heavy atom. The van der Waals surface area contributed by atoms with E-state index in [2.05, 4.69) is 25.8 Å². The van der Waals surface area contributed by atoms with Gasteiger partial charge in [-0.25, -0.2) is 0 Å². The Hall–Kier alpha value is -3.52. The van der Waals surface area contributed by atoms with Gasteiger partial charge >= 0.3 is 0 Å². The molecule has 2 aromatic carbocycles. The van der Waals surface area contributed by atoms with Crippen LogP contribution in [0.5, 0.6) is 5.75 Å². The molecule has 0 saturated carbocycles. The largest absolute Gasteiger partial charge is 0.494 e. The molecule has 2 N–H and O–H groups in total. The number of aryl methyl sites for hydroxylation is 1. The highest BCUT2D eigenvalue weighted by Gasteiger charge is 2.11. The summed E-state index contributed by atoms with van der Waals surface area (Å²) in [5, 5.41) is 11.7. The lowest BCUT2D eigenvalue weighted by atomic mass is 10.1. The van der Waals surface area contributed by atoms with E-state index < -0.39 is 0 Å². The van der Waals surface area contributed by atoms with Gasteiger partial charge in [0.15, 0.2) is 5.11 Å². The smallest absolute Gasteiger partial charge is 0.246 e. The number of ether oxygens (including phenoxy) is 1. The van der Waals surface area contributed by atoms with Crippen molar-refractivity contribution in [2.75, 3.05) is 12.4 Å². The lowest BCUT2D eigenvalue weighted by Crippen LogP contribution is -2.28. The van der Waals surface area contributed by atoms with Crippen molar-refractivity contribution in [1.29, 1.82) is 0 Å². The van der Waals surface area contributed by atoms with E-state index in [1.54, 1.807) is 13.3 Å². The highest BCUT2D eigenvalue weighted by atomic mass is 32.1. The van der Waals surface area contributed by atoms with Crippen LogP contribution in [0.25, 0.3) is 22.3 Å². The summed E-state index contributed by atoms with van der Waals surface area (Å²) in [6.07, 6.45) is 1.73. The van der Waals surface area contributed by atoms with Crippen molar-refractivity contribution >= 4 is 33.9 Å². The number of aromatic nitrogens is 3. The average molecular weight is 405 g/mol. The second-order valence-electron chi connectivity index (χ2n) is 6.40. The third-order valence-electron chi connectivity index (χ3n) is 4.35. The van der Waals surface area contributed by atoms with Crippen molar-refractivity contribution in [1.82, 2.24) is 20.4 Å². The molecule has 0 saturated heterocycles. The monoisotopic (exact) mass is 405 g/mol. The minimum absolute atomic E-state index is 0.316. The molecule has 8 heteroatoms. The van der Waals surface area contributed by atoms with Gasteiger partial charge in [0.2, 0.25) is 11.7 Å². The van der Waals surface area contributed by atoms with Gasteiger partial charge in [-0.15, -0.1) is 0 Å². The van der Waals surface area contributed by atoms with Crippen LogP contribution < -0.4 is 15.4 Å². The highest BCUT2D eigenvalue weighted by molar-refractivity contribution is 7.80. The van der Waals surface area contributed by atoms with E-state index >= 15 is 0 Å². The number of methoxy groups -OCH3 is 1. The van der Waals surface area contributed by atoms with Gasteiger partial charge in [-0.3, -0.25) is 4.98 Å². The van der Waals surface area contributed by atoms with Gasteiger partial charge in [-0.2, -0.15) is 4.98 Å². The second kappa shape index (κ2) is 8.24. The van der Waals surface area contributed by atoms with Crippen LogP contribution in [0, 0.1) is 6.92 Å². The molecule has 0 amide bonds. The van der Waals surface area contributed by atoms with Gasteiger partial charge in [0.05, 0.1) is 13.7 Å². The van der Waals surface area contributed by atoms with Crippen LogP contribution in [0.15, 0.2) is 59.3 Å². The van der Waals surface area contributed by atoms with Crippen LogP contribution in [0.4, 0.5) is 5.69 Å². The number of pyridine rings is 1. The van der Waals surface area contributed by atoms with E-state index in [4.69, 9.17) is 21.5 Å². The fourth-order valence-electron chi connectivity index (χ4n) is 2.97. The molecule has 0 fully saturated rings. The number of rotatable bonds is 5. The molecule has 146 valence electrons. The SMILES string of the molecule is COc1ccc(NC(=S)NCc2nc(-c3cccc(C)c3)no2)c2cccnc12. The molecule has 4 rings (SSSR count). The zero-order valence-corrected chi connectivity index (χ0v) is 16.8. The molecule has 0 radical (unpaired) electrons. The second-order valence-corrected chi connectivity index (χ2v) is 6.81. The standard InChI is InChI=1S/C21H19N5O2S/c1-13-5-3-6-14(11-13)20-25-18(28-26-20)12-23-21(29)24-16-8-9-17(27-2)19-15(16)7-4-10-22-19/h3-11H,12H2,1-2H3,(H2,23,24,29). The molecule has 2 aromatic heterocycles. The Morgan fingerprint density at radius 1 is 1.17 bits per heavy atom. The molecule has 0 aliphatic carbocycles. The molecular formula is C21H19N5O2S. The highest BCUT2D eigenvalue weighted by Crippen LogP contribution is 2.29. The maximum Gasteiger partial charge on any atom is 0.246 e. The molecular weight excluding hydrogens is 386 g/mol. The Labute approximate surface area is 173 Å². The van der Waals surface area contributed by atoms with Crippen LogP contribution in [0.3, 0.4) is 0 Å². The van der Waals surface area contributed by atoms with Gasteiger partial charge < -0.3 is 19.9 Å². The number of nitrogens with one attached hydrogen (secondary N) is 2. The lowest BCUT2D eigenvalue weighted by molar-refractivity contribution is 0.376. The molecule has 4 aromatic rings. The average Bonchev–Trinajstić information content (AvgIpc) is 3.22. The Kier molecular flexibility index (Phi) is 5.35. The van der Waals surface area contributed by atoms with Gasteiger partial charge in [0.1, 0.15) is 11.3 Å². The molecule has 0 aliphatic rings. The number of hydrogen-bond acceptors (Lipinski definition) is 6. The van der Waals surface area contributed by atoms with Crippen molar-refractivity contribution in [3.8, 4) is 17.1 Å². The van der Waals surface area contributed by atoms with Crippen LogP contribution in [0.1, 0.15) is 11.5 Å². The van der Waals surface area contributed by atoms with Gasteiger partial charge in [0.25, 0.3) is 0 Å². The number of hydrogen-bond donors (Lipinski definition) is 2. The normalized spacial score (nSPS) is 10.7. The fraction of sp³-hybridized carbons (Fsp3) is 0.143. The minimum Gasteiger partial charge on any atom is -0.494 e. The third kappa shape index (κ3) is 4.17. The maximum atomic E-state index is 5.41. The summed E-state index contributed by atoms with van der Waals surface area (Å²) in [6, 6.07) is 15.5. The van der Waals surface area contributed by atoms with Crippen molar-refractivity contribution < 1.29 is 9.26 Å². The third-order valence-corrected chi connectivity index (χ3v) is 4.59. The van der Waals surface area contributed by atoms with E-state index in [1.165, 1.54) is 0 Å². The summed E-state index contributed by atoms with van der Waals surface area (Å²) in [6.45, 7) is 2.34. The van der Waals surface area contributed by atoms with Crippen molar-refractivity contribution in [2.24, 2.45) is 0 Å². The van der Waals surface area contributed by atoms with E-state index in [1.807, 2.05) is 55.5 Å². The van der Waals surface area contributed by atoms with Crippen molar-refractivity contribution in [3.63, 3.8) is 0 Å². The molecule has 29 heavy (non-hydrogen) atoms. The molecule has 0 unspecified atom stereocenters. The summed E-state index contributed by atoms with van der Waals surface area (Å²) in [7, 11) is 1.62. The van der Waals surface area contributed by atoms with Crippen LogP contribution in [-0.4, -0.2) is 27.3 Å². The quantitative estimate of drug-likeness (QED) is 0.480. The molecule has 0 atom stereocenters. The minimum atomic E-state index is 0.316. The molecule has 2 heterocycles. The zero-order chi connectivity index (χ0) is 20.2. The Balaban J connectivity index is 1.43. The predicted octanol–water partition coefficient (Wildman–Crippen LogP) is 4.09. The van der Waals surface area contributed by atoms with E-state index in [0.717, 1.165) is 27.7 Å². The summed E-state index contributed by atoms with van der Waals surface area (Å²) >= 11 is 5.41. The van der Waals surface area contributed by atoms with Gasteiger partial charge in [0, 0.05) is 22.8 Å². The molecule has 0 spiro atoms. The van der Waals surface area contributed by atoms with Gasteiger partial charge in [-0.1, -0.05) is 28.9 Å². The van der Waals surface area contributed by atoms with Crippen LogP contribution in [0.2, 0.25) is 0 Å². The molecule has 0 aliphatic heterocycles. The summed E-state index contributed by atoms with van der Waals surface area (Å²) in [4.78, 5) is 8.81. The first-order valence-electron chi connectivity index (χ1n) is 9.00. The summed E-state index contributed by atoms with van der Waals surface area (Å²) < 4.78 is 10.7. The van der Waals surface area contributed by atoms with Crippen LogP contribution in [-0.2, 0) is 6.54 Å². The van der Waals surface area contributed by atoms with E-state index in [9.17, 15) is 0 Å². The van der Waals surface area contributed by atoms with Crippen molar-refractivity contribution in [3.05, 3.63) is 66.2 Å². The van der Waals surface area contributed by atoms with E-state index in [0.29, 0.717) is 29.1 Å². The van der Waals surface area contributed by atoms with E-state index in [-0.39, 0.29) is 0 Å². The lowest BCUT2D eigenvalue weighted by Gasteiger charge is -2.13. The number of benzene rings is 2. The fourth-order valence-corrected chi connectivity index (χ4v) is 3.15. The van der Waals surface area contributed by atoms with Crippen LogP contribution >= 0.6 is 12.2 Å². The number of nitrogens with zero attached hydrogens (tertiary/aromatic N) is 3.